The lowest BCUT2D eigenvalue weighted by Gasteiger charge is -2.17. The minimum atomic E-state index is -0.373. The van der Waals surface area contributed by atoms with E-state index in [1.807, 2.05) is 42.7 Å². The average molecular weight is 335 g/mol. The van der Waals surface area contributed by atoms with Gasteiger partial charge in [-0.05, 0) is 26.0 Å². The van der Waals surface area contributed by atoms with Crippen LogP contribution in [0, 0.1) is 0 Å². The number of hydrogen-bond acceptors (Lipinski definition) is 6. The van der Waals surface area contributed by atoms with Gasteiger partial charge in [0.25, 0.3) is 0 Å². The number of primary amides is 1. The zero-order valence-electron chi connectivity index (χ0n) is 13.4. The molecule has 23 heavy (non-hydrogen) atoms. The van der Waals surface area contributed by atoms with E-state index in [2.05, 4.69) is 15.5 Å². The highest BCUT2D eigenvalue weighted by atomic mass is 32.2. The van der Waals surface area contributed by atoms with Gasteiger partial charge in [-0.25, -0.2) is 0 Å². The van der Waals surface area contributed by atoms with Crippen LogP contribution in [0.2, 0.25) is 0 Å². The second-order valence-electron chi connectivity index (χ2n) is 4.91. The zero-order chi connectivity index (χ0) is 16.8. The number of para-hydroxylation sites is 2. The van der Waals surface area contributed by atoms with Crippen LogP contribution in [0.25, 0.3) is 0 Å². The highest BCUT2D eigenvalue weighted by Crippen LogP contribution is 2.28. The summed E-state index contributed by atoms with van der Waals surface area (Å²) in [6.45, 7) is 4.73. The van der Waals surface area contributed by atoms with Gasteiger partial charge < -0.3 is 20.4 Å². The van der Waals surface area contributed by atoms with Crippen molar-refractivity contribution >= 4 is 23.4 Å². The van der Waals surface area contributed by atoms with Crippen LogP contribution in [-0.4, -0.2) is 33.5 Å². The summed E-state index contributed by atoms with van der Waals surface area (Å²) in [5.74, 6) is 1.38. The van der Waals surface area contributed by atoms with E-state index in [1.54, 1.807) is 7.11 Å². The molecule has 0 saturated carbocycles. The molecule has 3 N–H and O–H groups in total. The van der Waals surface area contributed by atoms with E-state index in [9.17, 15) is 4.79 Å². The van der Waals surface area contributed by atoms with Gasteiger partial charge in [-0.3, -0.25) is 4.79 Å². The number of thioether (sulfide) groups is 1. The molecule has 0 radical (unpaired) electrons. The first-order valence-corrected chi connectivity index (χ1v) is 8.29. The van der Waals surface area contributed by atoms with Crippen molar-refractivity contribution in [3.63, 3.8) is 0 Å². The minimum Gasteiger partial charge on any atom is -0.495 e. The molecule has 0 aliphatic carbocycles. The zero-order valence-corrected chi connectivity index (χ0v) is 14.3. The number of benzene rings is 1. The number of rotatable bonds is 8. The van der Waals surface area contributed by atoms with Crippen LogP contribution < -0.4 is 15.8 Å². The molecule has 1 atom stereocenters. The predicted octanol–water partition coefficient (Wildman–Crippen LogP) is 2.06. The number of carbonyl (C=O) groups is 1. The van der Waals surface area contributed by atoms with Crippen LogP contribution in [0.3, 0.4) is 0 Å². The van der Waals surface area contributed by atoms with Crippen molar-refractivity contribution in [3.8, 4) is 5.75 Å². The molecule has 0 aliphatic rings. The Labute approximate surface area is 139 Å². The third-order valence-corrected chi connectivity index (χ3v) is 4.26. The van der Waals surface area contributed by atoms with Crippen LogP contribution in [-0.2, 0) is 11.3 Å². The number of carbonyl (C=O) groups excluding carboxylic acids is 1. The van der Waals surface area contributed by atoms with Crippen LogP contribution in [0.5, 0.6) is 5.75 Å². The number of anilines is 1. The smallest absolute Gasteiger partial charge is 0.227 e. The second kappa shape index (κ2) is 7.87. The van der Waals surface area contributed by atoms with Crippen molar-refractivity contribution < 1.29 is 9.53 Å². The Bertz CT molecular complexity index is 674. The maximum absolute atomic E-state index is 10.9. The Kier molecular flexibility index (Phi) is 5.86. The molecule has 1 amide bonds. The largest absolute Gasteiger partial charge is 0.495 e. The number of nitrogens with zero attached hydrogens (tertiary/aromatic N) is 3. The Hall–Kier alpha value is -2.22. The van der Waals surface area contributed by atoms with E-state index in [1.165, 1.54) is 11.8 Å². The molecule has 1 heterocycles. The number of nitrogens with two attached hydrogens (primary N) is 1. The number of ether oxygens (including phenoxy) is 1. The summed E-state index contributed by atoms with van der Waals surface area (Å²) in [6, 6.07) is 7.64. The Morgan fingerprint density at radius 3 is 2.83 bits per heavy atom. The Morgan fingerprint density at radius 2 is 2.17 bits per heavy atom. The molecular formula is C15H21N5O2S. The molecule has 0 spiro atoms. The molecule has 0 aliphatic heterocycles. The van der Waals surface area contributed by atoms with E-state index in [0.717, 1.165) is 17.3 Å². The summed E-state index contributed by atoms with van der Waals surface area (Å²) >= 11 is 1.29. The highest BCUT2D eigenvalue weighted by molar-refractivity contribution is 7.99. The van der Waals surface area contributed by atoms with Crippen molar-refractivity contribution in [1.82, 2.24) is 14.8 Å². The Morgan fingerprint density at radius 1 is 1.43 bits per heavy atom. The van der Waals surface area contributed by atoms with Crippen LogP contribution in [0.1, 0.15) is 25.7 Å². The van der Waals surface area contributed by atoms with Crippen molar-refractivity contribution in [2.75, 3.05) is 18.2 Å². The van der Waals surface area contributed by atoms with Gasteiger partial charge in [0.2, 0.25) is 5.91 Å². The molecule has 0 saturated heterocycles. The molecule has 0 bridgehead atoms. The summed E-state index contributed by atoms with van der Waals surface area (Å²) < 4.78 is 7.32. The fourth-order valence-electron chi connectivity index (χ4n) is 2.22. The Balaban J connectivity index is 2.18. The van der Waals surface area contributed by atoms with Crippen LogP contribution in [0.4, 0.5) is 5.69 Å². The van der Waals surface area contributed by atoms with E-state index in [-0.39, 0.29) is 17.7 Å². The predicted molar refractivity (Wildman–Crippen MR) is 90.6 cm³/mol. The molecule has 8 heteroatoms. The lowest BCUT2D eigenvalue weighted by molar-refractivity contribution is -0.115. The van der Waals surface area contributed by atoms with Crippen molar-refractivity contribution in [2.24, 2.45) is 5.73 Å². The van der Waals surface area contributed by atoms with Crippen LogP contribution >= 0.6 is 11.8 Å². The number of methoxy groups -OCH3 is 1. The van der Waals surface area contributed by atoms with Gasteiger partial charge >= 0.3 is 0 Å². The van der Waals surface area contributed by atoms with E-state index in [0.29, 0.717) is 11.7 Å². The van der Waals surface area contributed by atoms with Gasteiger partial charge in [0.05, 0.1) is 24.6 Å². The highest BCUT2D eigenvalue weighted by Gasteiger charge is 2.18. The first-order chi connectivity index (χ1) is 11.1. The van der Waals surface area contributed by atoms with Crippen LogP contribution in [0.15, 0.2) is 29.4 Å². The molecule has 1 unspecified atom stereocenters. The number of amides is 1. The van der Waals surface area contributed by atoms with Crippen molar-refractivity contribution in [2.45, 2.75) is 31.6 Å². The third-order valence-electron chi connectivity index (χ3n) is 3.27. The van der Waals surface area contributed by atoms with E-state index in [4.69, 9.17) is 10.5 Å². The molecule has 0 fully saturated rings. The molecular weight excluding hydrogens is 314 g/mol. The molecule has 7 nitrogen and oxygen atoms in total. The lowest BCUT2D eigenvalue weighted by Crippen LogP contribution is -2.16. The normalized spacial score (nSPS) is 12.0. The second-order valence-corrected chi connectivity index (χ2v) is 5.85. The standard InChI is InChI=1S/C15H21N5O2S/c1-4-20-14(18-19-15(20)23-9-13(16)21)10(2)17-11-7-5-6-8-12(11)22-3/h5-8,10,17H,4,9H2,1-3H3,(H2,16,21). The van der Waals surface area contributed by atoms with Crippen molar-refractivity contribution in [3.05, 3.63) is 30.1 Å². The maximum Gasteiger partial charge on any atom is 0.227 e. The summed E-state index contributed by atoms with van der Waals surface area (Å²) in [5.41, 5.74) is 6.08. The van der Waals surface area contributed by atoms with Gasteiger partial charge in [0.1, 0.15) is 5.75 Å². The molecule has 1 aromatic heterocycles. The SMILES string of the molecule is CCn1c(SCC(N)=O)nnc1C(C)Nc1ccccc1OC. The number of hydrogen-bond donors (Lipinski definition) is 2. The maximum atomic E-state index is 10.9. The van der Waals surface area contributed by atoms with Gasteiger partial charge in [0.15, 0.2) is 11.0 Å². The molecule has 124 valence electrons. The number of nitrogens with one attached hydrogen (secondary N) is 1. The van der Waals surface area contributed by atoms with E-state index >= 15 is 0 Å². The third kappa shape index (κ3) is 4.16. The molecule has 2 aromatic rings. The molecule has 2 rings (SSSR count). The lowest BCUT2D eigenvalue weighted by atomic mass is 10.2. The van der Waals surface area contributed by atoms with Gasteiger partial charge in [-0.15, -0.1) is 10.2 Å². The molecule has 1 aromatic carbocycles. The first-order valence-electron chi connectivity index (χ1n) is 7.30. The topological polar surface area (TPSA) is 95.1 Å². The summed E-state index contributed by atoms with van der Waals surface area (Å²) in [6.07, 6.45) is 0. The van der Waals surface area contributed by atoms with Gasteiger partial charge in [0, 0.05) is 6.54 Å². The average Bonchev–Trinajstić information content (AvgIpc) is 2.96. The van der Waals surface area contributed by atoms with Gasteiger partial charge in [-0.2, -0.15) is 0 Å². The summed E-state index contributed by atoms with van der Waals surface area (Å²) in [5, 5.41) is 12.5. The number of aromatic nitrogens is 3. The van der Waals surface area contributed by atoms with Gasteiger partial charge in [-0.1, -0.05) is 23.9 Å². The first kappa shape index (κ1) is 17.1. The quantitative estimate of drug-likeness (QED) is 0.717. The summed E-state index contributed by atoms with van der Waals surface area (Å²) in [7, 11) is 1.64. The summed E-state index contributed by atoms with van der Waals surface area (Å²) in [4.78, 5) is 10.9. The van der Waals surface area contributed by atoms with E-state index < -0.39 is 0 Å². The van der Waals surface area contributed by atoms with Crippen molar-refractivity contribution in [1.29, 1.82) is 0 Å². The fraction of sp³-hybridized carbons (Fsp3) is 0.400. The fourth-order valence-corrected chi connectivity index (χ4v) is 2.97. The monoisotopic (exact) mass is 335 g/mol. The minimum absolute atomic E-state index is 0.0679.